The van der Waals surface area contributed by atoms with Crippen molar-refractivity contribution in [2.45, 2.75) is 18.2 Å². The van der Waals surface area contributed by atoms with E-state index in [1.54, 1.807) is 11.0 Å². The topological polar surface area (TPSA) is 20.3 Å². The number of benzene rings is 1. The highest BCUT2D eigenvalue weighted by molar-refractivity contribution is 9.10. The molecule has 0 radical (unpaired) electrons. The molecule has 18 heavy (non-hydrogen) atoms. The predicted molar refractivity (Wildman–Crippen MR) is 76.5 cm³/mol. The predicted octanol–water partition coefficient (Wildman–Crippen LogP) is 3.83. The molecule has 2 atom stereocenters. The van der Waals surface area contributed by atoms with Crippen LogP contribution >= 0.6 is 31.9 Å². The Balaban J connectivity index is 2.16. The minimum atomic E-state index is -0.395. The minimum absolute atomic E-state index is 0.105. The molecule has 1 heterocycles. The Morgan fingerprint density at radius 3 is 2.78 bits per heavy atom. The second-order valence-corrected chi connectivity index (χ2v) is 6.78. The monoisotopic (exact) mass is 377 g/mol. The van der Waals surface area contributed by atoms with Crippen LogP contribution < -0.4 is 0 Å². The Labute approximate surface area is 123 Å². The molecule has 1 aromatic carbocycles. The van der Waals surface area contributed by atoms with Crippen LogP contribution in [0, 0.1) is 11.7 Å². The van der Waals surface area contributed by atoms with E-state index in [0.717, 1.165) is 13.0 Å². The van der Waals surface area contributed by atoms with Gasteiger partial charge in [-0.25, -0.2) is 4.39 Å². The molecule has 0 N–H and O–H groups in total. The fraction of sp³-hybridized carbons (Fsp3) is 0.462. The molecule has 2 unspecified atom stereocenters. The number of amides is 1. The number of halogens is 3. The summed E-state index contributed by atoms with van der Waals surface area (Å²) in [4.78, 5) is 14.4. The number of hydrogen-bond donors (Lipinski definition) is 0. The summed E-state index contributed by atoms with van der Waals surface area (Å²) < 4.78 is 13.9. The van der Waals surface area contributed by atoms with Crippen LogP contribution in [0.3, 0.4) is 0 Å². The number of likely N-dealkylation sites (tertiary alicyclic amines) is 1. The number of alkyl halides is 1. The first-order chi connectivity index (χ1) is 8.47. The summed E-state index contributed by atoms with van der Waals surface area (Å²) in [6.07, 6.45) is 0.970. The smallest absolute Gasteiger partial charge is 0.254 e. The van der Waals surface area contributed by atoms with E-state index in [1.807, 2.05) is 0 Å². The maximum absolute atomic E-state index is 13.3. The zero-order valence-electron chi connectivity index (χ0n) is 10.00. The van der Waals surface area contributed by atoms with Crippen LogP contribution in [0.1, 0.15) is 23.7 Å². The van der Waals surface area contributed by atoms with E-state index in [1.165, 1.54) is 12.1 Å². The molecule has 2 rings (SSSR count). The van der Waals surface area contributed by atoms with E-state index in [0.29, 0.717) is 27.3 Å². The fourth-order valence-electron chi connectivity index (χ4n) is 2.07. The van der Waals surface area contributed by atoms with Crippen LogP contribution in [0.15, 0.2) is 22.7 Å². The van der Waals surface area contributed by atoms with E-state index in [-0.39, 0.29) is 5.91 Å². The van der Waals surface area contributed by atoms with E-state index >= 15 is 0 Å². The molecule has 0 bridgehead atoms. The van der Waals surface area contributed by atoms with Crippen LogP contribution in [-0.2, 0) is 0 Å². The lowest BCUT2D eigenvalue weighted by Crippen LogP contribution is -2.43. The zero-order valence-corrected chi connectivity index (χ0v) is 13.2. The second kappa shape index (κ2) is 5.70. The van der Waals surface area contributed by atoms with Crippen molar-refractivity contribution in [3.05, 3.63) is 34.1 Å². The third-order valence-corrected chi connectivity index (χ3v) is 4.91. The lowest BCUT2D eigenvalue weighted by molar-refractivity contribution is 0.0705. The standard InChI is InChI=1S/C13H14Br2FNO/c1-8-2-3-17(7-12(8)15)13(18)9-4-10(14)6-11(16)5-9/h4-6,8,12H,2-3,7H2,1H3. The Kier molecular flexibility index (Phi) is 4.43. The van der Waals surface area contributed by atoms with Gasteiger partial charge in [0.25, 0.3) is 5.91 Å². The maximum Gasteiger partial charge on any atom is 0.254 e. The van der Waals surface area contributed by atoms with Crippen molar-refractivity contribution < 1.29 is 9.18 Å². The molecule has 0 spiro atoms. The Hall–Kier alpha value is -0.420. The summed E-state index contributed by atoms with van der Waals surface area (Å²) in [5.41, 5.74) is 0.399. The number of nitrogens with zero attached hydrogens (tertiary/aromatic N) is 1. The molecule has 1 fully saturated rings. The summed E-state index contributed by atoms with van der Waals surface area (Å²) in [6.45, 7) is 3.57. The average Bonchev–Trinajstić information content (AvgIpc) is 2.30. The highest BCUT2D eigenvalue weighted by atomic mass is 79.9. The maximum atomic E-state index is 13.3. The normalized spacial score (nSPS) is 24.1. The van der Waals surface area contributed by atoms with Gasteiger partial charge in [0.1, 0.15) is 5.82 Å². The van der Waals surface area contributed by atoms with Crippen LogP contribution in [0.25, 0.3) is 0 Å². The van der Waals surface area contributed by atoms with E-state index in [9.17, 15) is 9.18 Å². The molecule has 1 aliphatic rings. The lowest BCUT2D eigenvalue weighted by atomic mass is 9.98. The number of rotatable bonds is 1. The summed E-state index contributed by atoms with van der Waals surface area (Å²) in [5, 5.41) is 0. The van der Waals surface area contributed by atoms with Crippen molar-refractivity contribution in [1.82, 2.24) is 4.90 Å². The minimum Gasteiger partial charge on any atom is -0.338 e. The summed E-state index contributed by atoms with van der Waals surface area (Å²) in [7, 11) is 0. The molecule has 0 aromatic heterocycles. The molecule has 5 heteroatoms. The van der Waals surface area contributed by atoms with E-state index < -0.39 is 5.82 Å². The lowest BCUT2D eigenvalue weighted by Gasteiger charge is -2.34. The van der Waals surface area contributed by atoms with Gasteiger partial charge in [0.15, 0.2) is 0 Å². The van der Waals surface area contributed by atoms with E-state index in [2.05, 4.69) is 38.8 Å². The van der Waals surface area contributed by atoms with Gasteiger partial charge in [0.2, 0.25) is 0 Å². The third kappa shape index (κ3) is 3.12. The Bertz CT molecular complexity index is 446. The highest BCUT2D eigenvalue weighted by Gasteiger charge is 2.27. The van der Waals surface area contributed by atoms with Crippen LogP contribution in [0.2, 0.25) is 0 Å². The molecule has 1 saturated heterocycles. The average molecular weight is 379 g/mol. The van der Waals surface area contributed by atoms with E-state index in [4.69, 9.17) is 0 Å². The van der Waals surface area contributed by atoms with Crippen molar-refractivity contribution in [3.63, 3.8) is 0 Å². The number of piperidine rings is 1. The summed E-state index contributed by atoms with van der Waals surface area (Å²) in [5.74, 6) is 0.0633. The molecule has 0 saturated carbocycles. The van der Waals surface area contributed by atoms with Gasteiger partial charge in [-0.15, -0.1) is 0 Å². The van der Waals surface area contributed by atoms with Crippen molar-refractivity contribution in [1.29, 1.82) is 0 Å². The molecule has 98 valence electrons. The molecule has 1 aliphatic heterocycles. The van der Waals surface area contributed by atoms with Crippen LogP contribution in [-0.4, -0.2) is 28.7 Å². The number of carbonyl (C=O) groups is 1. The van der Waals surface area contributed by atoms with Gasteiger partial charge in [0.05, 0.1) is 0 Å². The quantitative estimate of drug-likeness (QED) is 0.680. The van der Waals surface area contributed by atoms with Crippen LogP contribution in [0.5, 0.6) is 0 Å². The molecule has 1 amide bonds. The highest BCUT2D eigenvalue weighted by Crippen LogP contribution is 2.25. The Morgan fingerprint density at radius 1 is 1.44 bits per heavy atom. The van der Waals surface area contributed by atoms with Crippen molar-refractivity contribution in [2.24, 2.45) is 5.92 Å². The van der Waals surface area contributed by atoms with Crippen molar-refractivity contribution in [2.75, 3.05) is 13.1 Å². The largest absolute Gasteiger partial charge is 0.338 e. The van der Waals surface area contributed by atoms with Gasteiger partial charge in [-0.05, 0) is 30.5 Å². The van der Waals surface area contributed by atoms with Crippen molar-refractivity contribution >= 4 is 37.8 Å². The molecule has 0 aliphatic carbocycles. The van der Waals surface area contributed by atoms with Gasteiger partial charge >= 0.3 is 0 Å². The van der Waals surface area contributed by atoms with Crippen molar-refractivity contribution in [3.8, 4) is 0 Å². The first-order valence-corrected chi connectivity index (χ1v) is 7.57. The summed E-state index contributed by atoms with van der Waals surface area (Å²) >= 11 is 6.79. The van der Waals surface area contributed by atoms with Gasteiger partial charge in [-0.2, -0.15) is 0 Å². The second-order valence-electron chi connectivity index (χ2n) is 4.69. The van der Waals surface area contributed by atoms with Gasteiger partial charge in [-0.3, -0.25) is 4.79 Å². The first kappa shape index (κ1) is 14.0. The SMILES string of the molecule is CC1CCN(C(=O)c2cc(F)cc(Br)c2)CC1Br. The Morgan fingerprint density at radius 2 is 2.17 bits per heavy atom. The first-order valence-electron chi connectivity index (χ1n) is 5.87. The molecule has 1 aromatic rings. The van der Waals surface area contributed by atoms with Gasteiger partial charge in [-0.1, -0.05) is 38.8 Å². The number of hydrogen-bond acceptors (Lipinski definition) is 1. The fourth-order valence-corrected chi connectivity index (χ4v) is 3.15. The van der Waals surface area contributed by atoms with Gasteiger partial charge in [0, 0.05) is 28.0 Å². The molecular weight excluding hydrogens is 365 g/mol. The zero-order chi connectivity index (χ0) is 13.3. The third-order valence-electron chi connectivity index (χ3n) is 3.26. The number of carbonyl (C=O) groups excluding carboxylic acids is 1. The van der Waals surface area contributed by atoms with Crippen LogP contribution in [0.4, 0.5) is 4.39 Å². The molecular formula is C13H14Br2FNO. The summed E-state index contributed by atoms with van der Waals surface area (Å²) in [6, 6.07) is 4.30. The molecule has 2 nitrogen and oxygen atoms in total. The van der Waals surface area contributed by atoms with Gasteiger partial charge < -0.3 is 4.90 Å².